The normalized spacial score (nSPS) is 20.8. The van der Waals surface area contributed by atoms with Crippen LogP contribution in [0, 0.1) is 20.8 Å². The summed E-state index contributed by atoms with van der Waals surface area (Å²) in [5.74, 6) is -0.161. The molecule has 0 atom stereocenters. The Bertz CT molecular complexity index is 710. The third kappa shape index (κ3) is 2.65. The highest BCUT2D eigenvalue weighted by Crippen LogP contribution is 2.46. The van der Waals surface area contributed by atoms with Crippen LogP contribution in [0.15, 0.2) is 17.9 Å². The number of amides is 1. The summed E-state index contributed by atoms with van der Waals surface area (Å²) in [6.45, 7) is 7.20. The maximum atomic E-state index is 13.1. The minimum absolute atomic E-state index is 0.116. The van der Waals surface area contributed by atoms with Gasteiger partial charge in [0.2, 0.25) is 0 Å². The van der Waals surface area contributed by atoms with Crippen molar-refractivity contribution in [1.29, 1.82) is 0 Å². The minimum atomic E-state index is -0.819. The number of hydrogen-bond acceptors (Lipinski definition) is 5. The van der Waals surface area contributed by atoms with Gasteiger partial charge in [-0.2, -0.15) is 5.06 Å². The van der Waals surface area contributed by atoms with Gasteiger partial charge in [0.05, 0.1) is 19.8 Å². The lowest BCUT2D eigenvalue weighted by atomic mass is 9.85. The van der Waals surface area contributed by atoms with Gasteiger partial charge in [-0.05, 0) is 50.3 Å². The molecule has 25 heavy (non-hydrogen) atoms. The van der Waals surface area contributed by atoms with Crippen LogP contribution >= 0.6 is 0 Å². The first-order valence-electron chi connectivity index (χ1n) is 8.55. The Hall–Kier alpha value is -1.89. The lowest BCUT2D eigenvalue weighted by Crippen LogP contribution is -2.54. The number of carbonyl (C=O) groups excluding carboxylic acids is 1. The third-order valence-electron chi connectivity index (χ3n) is 5.38. The zero-order valence-electron chi connectivity index (χ0n) is 15.5. The smallest absolute Gasteiger partial charge is 0.282 e. The number of carbonyl (C=O) groups is 1. The highest BCUT2D eigenvalue weighted by molar-refractivity contribution is 6.23. The fourth-order valence-corrected chi connectivity index (χ4v) is 4.26. The molecule has 1 saturated heterocycles. The molecule has 2 heterocycles. The molecule has 6 nitrogen and oxygen atoms in total. The highest BCUT2D eigenvalue weighted by atomic mass is 16.7. The van der Waals surface area contributed by atoms with Crippen molar-refractivity contribution in [2.75, 3.05) is 27.3 Å². The van der Waals surface area contributed by atoms with E-state index in [9.17, 15) is 9.90 Å². The first kappa shape index (κ1) is 17.9. The van der Waals surface area contributed by atoms with Crippen LogP contribution in [0.1, 0.15) is 35.1 Å². The van der Waals surface area contributed by atoms with Crippen LogP contribution in [0.3, 0.4) is 0 Å². The molecule has 136 valence electrons. The number of benzene rings is 1. The van der Waals surface area contributed by atoms with Crippen molar-refractivity contribution < 1.29 is 19.6 Å². The predicted octanol–water partition coefficient (Wildman–Crippen LogP) is 2.68. The van der Waals surface area contributed by atoms with E-state index in [2.05, 4.69) is 0 Å². The van der Waals surface area contributed by atoms with Crippen molar-refractivity contribution >= 4 is 11.5 Å². The van der Waals surface area contributed by atoms with Crippen molar-refractivity contribution in [3.05, 3.63) is 40.1 Å². The lowest BCUT2D eigenvalue weighted by Gasteiger charge is -2.42. The first-order valence-corrected chi connectivity index (χ1v) is 8.55. The number of nitrogens with zero attached hydrogens (tertiary/aromatic N) is 2. The van der Waals surface area contributed by atoms with E-state index >= 15 is 0 Å². The zero-order chi connectivity index (χ0) is 18.4. The van der Waals surface area contributed by atoms with Crippen molar-refractivity contribution in [1.82, 2.24) is 10.1 Å². The number of hydroxylamine groups is 4. The summed E-state index contributed by atoms with van der Waals surface area (Å²) in [6, 6.07) is 4.07. The van der Waals surface area contributed by atoms with Gasteiger partial charge in [0.15, 0.2) is 0 Å². The monoisotopic (exact) mass is 346 g/mol. The molecule has 1 fully saturated rings. The minimum Gasteiger partial charge on any atom is -0.509 e. The molecule has 0 aromatic heterocycles. The average molecular weight is 346 g/mol. The molecule has 1 amide bonds. The molecule has 1 spiro atoms. The van der Waals surface area contributed by atoms with Crippen LogP contribution in [0.25, 0.3) is 5.57 Å². The molecular weight excluding hydrogens is 320 g/mol. The van der Waals surface area contributed by atoms with E-state index in [1.807, 2.05) is 38.0 Å². The summed E-state index contributed by atoms with van der Waals surface area (Å²) in [7, 11) is 3.11. The number of rotatable bonds is 3. The summed E-state index contributed by atoms with van der Waals surface area (Å²) >= 11 is 0. The van der Waals surface area contributed by atoms with Gasteiger partial charge in [-0.1, -0.05) is 17.7 Å². The Morgan fingerprint density at radius 3 is 2.08 bits per heavy atom. The second kappa shape index (κ2) is 6.44. The van der Waals surface area contributed by atoms with E-state index in [1.165, 1.54) is 12.2 Å². The van der Waals surface area contributed by atoms with Gasteiger partial charge < -0.3 is 9.94 Å². The largest absolute Gasteiger partial charge is 0.509 e. The van der Waals surface area contributed by atoms with E-state index in [0.29, 0.717) is 31.5 Å². The van der Waals surface area contributed by atoms with Crippen LogP contribution in [0.2, 0.25) is 0 Å². The molecule has 6 heteroatoms. The number of hydrogen-bond donors (Lipinski definition) is 1. The predicted molar refractivity (Wildman–Crippen MR) is 94.6 cm³/mol. The molecule has 2 aliphatic rings. The van der Waals surface area contributed by atoms with Crippen molar-refractivity contribution in [2.45, 2.75) is 39.2 Å². The molecule has 0 bridgehead atoms. The molecule has 0 radical (unpaired) electrons. The topological polar surface area (TPSA) is 62.2 Å². The zero-order valence-corrected chi connectivity index (χ0v) is 15.5. The van der Waals surface area contributed by atoms with Crippen LogP contribution in [-0.4, -0.2) is 54.0 Å². The molecule has 1 aromatic carbocycles. The number of aliphatic hydroxyl groups is 1. The Labute approximate surface area is 148 Å². The fraction of sp³-hybridized carbons (Fsp3) is 0.526. The fourth-order valence-electron chi connectivity index (χ4n) is 4.26. The second-order valence-corrected chi connectivity index (χ2v) is 6.92. The Kier molecular flexibility index (Phi) is 4.62. The van der Waals surface area contributed by atoms with Gasteiger partial charge in [-0.25, -0.2) is 5.06 Å². The van der Waals surface area contributed by atoms with Crippen LogP contribution in [0.5, 0.6) is 0 Å². The summed E-state index contributed by atoms with van der Waals surface area (Å²) in [5.41, 5.74) is 3.45. The molecule has 0 unspecified atom stereocenters. The first-order chi connectivity index (χ1) is 11.9. The number of piperidine rings is 1. The number of aliphatic hydroxyl groups excluding tert-OH is 1. The lowest BCUT2D eigenvalue weighted by molar-refractivity contribution is -0.221. The van der Waals surface area contributed by atoms with Crippen LogP contribution < -0.4 is 0 Å². The Morgan fingerprint density at radius 1 is 1.04 bits per heavy atom. The van der Waals surface area contributed by atoms with Gasteiger partial charge in [-0.15, -0.1) is 0 Å². The van der Waals surface area contributed by atoms with Gasteiger partial charge >= 0.3 is 0 Å². The Balaban J connectivity index is 2.12. The van der Waals surface area contributed by atoms with E-state index < -0.39 is 5.54 Å². The van der Waals surface area contributed by atoms with Gasteiger partial charge in [-0.3, -0.25) is 9.63 Å². The molecular formula is C19H26N2O4. The number of aryl methyl sites for hydroxylation is 3. The maximum Gasteiger partial charge on any atom is 0.282 e. The molecule has 1 aromatic rings. The quantitative estimate of drug-likeness (QED) is 0.912. The maximum absolute atomic E-state index is 13.1. The summed E-state index contributed by atoms with van der Waals surface area (Å²) in [4.78, 5) is 23.8. The molecule has 0 aliphatic carbocycles. The van der Waals surface area contributed by atoms with E-state index in [0.717, 1.165) is 22.3 Å². The summed E-state index contributed by atoms with van der Waals surface area (Å²) in [6.07, 6.45) is 1.11. The van der Waals surface area contributed by atoms with Crippen LogP contribution in [0.4, 0.5) is 0 Å². The Morgan fingerprint density at radius 2 is 1.60 bits per heavy atom. The molecule has 2 aliphatic heterocycles. The van der Waals surface area contributed by atoms with E-state index in [4.69, 9.17) is 9.68 Å². The highest BCUT2D eigenvalue weighted by Gasteiger charge is 2.55. The average Bonchev–Trinajstić information content (AvgIpc) is 2.76. The van der Waals surface area contributed by atoms with Crippen molar-refractivity contribution in [3.63, 3.8) is 0 Å². The summed E-state index contributed by atoms with van der Waals surface area (Å²) < 4.78 is 0. The van der Waals surface area contributed by atoms with E-state index in [-0.39, 0.29) is 11.7 Å². The summed E-state index contributed by atoms with van der Waals surface area (Å²) in [5, 5.41) is 14.3. The standard InChI is InChI=1S/C19H26N2O4/c1-12-10-13(2)15(14(3)11-12)16-17(22)19(21(25-5)18(16)23)6-8-20(24-4)9-7-19/h10-11,22H,6-9H2,1-5H3. The van der Waals surface area contributed by atoms with E-state index in [1.54, 1.807) is 7.11 Å². The molecule has 1 N–H and O–H groups in total. The molecule has 0 saturated carbocycles. The SMILES string of the molecule is CON1CCC2(CC1)C(O)=C(c1c(C)cc(C)cc1C)C(=O)N2OC. The van der Waals surface area contributed by atoms with Gasteiger partial charge in [0, 0.05) is 13.1 Å². The van der Waals surface area contributed by atoms with Crippen LogP contribution in [-0.2, 0) is 14.5 Å². The van der Waals surface area contributed by atoms with Crippen molar-refractivity contribution in [3.8, 4) is 0 Å². The van der Waals surface area contributed by atoms with Crippen molar-refractivity contribution in [2.24, 2.45) is 0 Å². The molecule has 3 rings (SSSR count). The third-order valence-corrected chi connectivity index (χ3v) is 5.38. The van der Waals surface area contributed by atoms with Gasteiger partial charge in [0.25, 0.3) is 5.91 Å². The second-order valence-electron chi connectivity index (χ2n) is 6.92. The van der Waals surface area contributed by atoms with Gasteiger partial charge in [0.1, 0.15) is 11.3 Å².